The molecule has 0 aliphatic carbocycles. The summed E-state index contributed by atoms with van der Waals surface area (Å²) in [6.45, 7) is 0. The maximum atomic E-state index is 6.22. The molecule has 0 aliphatic rings. The van der Waals surface area contributed by atoms with Crippen LogP contribution in [0.4, 0.5) is 17.1 Å². The van der Waals surface area contributed by atoms with Gasteiger partial charge in [-0.3, -0.25) is 0 Å². The van der Waals surface area contributed by atoms with Crippen LogP contribution >= 0.6 is 0 Å². The van der Waals surface area contributed by atoms with Gasteiger partial charge in [0.25, 0.3) is 0 Å². The molecule has 8 rings (SSSR count). The SMILES string of the molecule is c1ccc(N(c2ccc3ccc4oc5ccccc5c4c3c2)c2cc3ccccc3c3ccccc23)cc1. The second-order valence-electron chi connectivity index (χ2n) is 9.78. The van der Waals surface area contributed by atoms with Crippen LogP contribution in [0.3, 0.4) is 0 Å². The number of furan rings is 1. The van der Waals surface area contributed by atoms with Crippen molar-refractivity contribution in [3.8, 4) is 0 Å². The Balaban J connectivity index is 1.47. The number of rotatable bonds is 3. The van der Waals surface area contributed by atoms with Gasteiger partial charge in [0.15, 0.2) is 0 Å². The molecule has 0 aliphatic heterocycles. The lowest BCUT2D eigenvalue weighted by Crippen LogP contribution is -2.10. The van der Waals surface area contributed by atoms with Crippen LogP contribution < -0.4 is 4.90 Å². The molecule has 38 heavy (non-hydrogen) atoms. The number of hydrogen-bond acceptors (Lipinski definition) is 2. The Kier molecular flexibility index (Phi) is 4.55. The van der Waals surface area contributed by atoms with E-state index in [1.165, 1.54) is 32.3 Å². The molecule has 178 valence electrons. The van der Waals surface area contributed by atoms with Crippen molar-refractivity contribution in [3.05, 3.63) is 140 Å². The average molecular weight is 486 g/mol. The van der Waals surface area contributed by atoms with Crippen molar-refractivity contribution >= 4 is 71.3 Å². The fourth-order valence-electron chi connectivity index (χ4n) is 5.89. The molecule has 0 saturated heterocycles. The Morgan fingerprint density at radius 2 is 1.08 bits per heavy atom. The van der Waals surface area contributed by atoms with E-state index < -0.39 is 0 Å². The third kappa shape index (κ3) is 3.14. The van der Waals surface area contributed by atoms with Crippen molar-refractivity contribution in [2.45, 2.75) is 0 Å². The first kappa shape index (κ1) is 21.0. The van der Waals surface area contributed by atoms with E-state index in [0.717, 1.165) is 39.0 Å². The van der Waals surface area contributed by atoms with Gasteiger partial charge in [0, 0.05) is 27.5 Å². The average Bonchev–Trinajstić information content (AvgIpc) is 3.37. The van der Waals surface area contributed by atoms with Gasteiger partial charge >= 0.3 is 0 Å². The molecule has 0 radical (unpaired) electrons. The summed E-state index contributed by atoms with van der Waals surface area (Å²) in [6.07, 6.45) is 0. The van der Waals surface area contributed by atoms with E-state index in [-0.39, 0.29) is 0 Å². The van der Waals surface area contributed by atoms with Crippen molar-refractivity contribution in [1.82, 2.24) is 0 Å². The molecule has 0 N–H and O–H groups in total. The maximum Gasteiger partial charge on any atom is 0.136 e. The molecule has 0 unspecified atom stereocenters. The zero-order chi connectivity index (χ0) is 25.1. The summed E-state index contributed by atoms with van der Waals surface area (Å²) >= 11 is 0. The summed E-state index contributed by atoms with van der Waals surface area (Å²) in [7, 11) is 0. The molecule has 0 fully saturated rings. The van der Waals surface area contributed by atoms with E-state index in [0.29, 0.717) is 0 Å². The molecule has 0 amide bonds. The van der Waals surface area contributed by atoms with Crippen LogP contribution in [0.5, 0.6) is 0 Å². The molecule has 1 heterocycles. The number of para-hydroxylation sites is 2. The Labute approximate surface area is 220 Å². The van der Waals surface area contributed by atoms with Gasteiger partial charge in [-0.25, -0.2) is 0 Å². The Morgan fingerprint density at radius 1 is 0.395 bits per heavy atom. The summed E-state index contributed by atoms with van der Waals surface area (Å²) in [5.74, 6) is 0. The van der Waals surface area contributed by atoms with Crippen LogP contribution in [-0.4, -0.2) is 0 Å². The molecule has 0 spiro atoms. The highest BCUT2D eigenvalue weighted by Crippen LogP contribution is 2.43. The molecule has 2 heteroatoms. The van der Waals surface area contributed by atoms with Gasteiger partial charge in [0.1, 0.15) is 11.2 Å². The lowest BCUT2D eigenvalue weighted by Gasteiger charge is -2.28. The molecule has 1 aromatic heterocycles. The third-order valence-electron chi connectivity index (χ3n) is 7.60. The van der Waals surface area contributed by atoms with Gasteiger partial charge in [0.2, 0.25) is 0 Å². The minimum Gasteiger partial charge on any atom is -0.456 e. The van der Waals surface area contributed by atoms with E-state index in [1.807, 2.05) is 12.1 Å². The quantitative estimate of drug-likeness (QED) is 0.231. The maximum absolute atomic E-state index is 6.22. The predicted octanol–water partition coefficient (Wildman–Crippen LogP) is 10.5. The van der Waals surface area contributed by atoms with Gasteiger partial charge < -0.3 is 9.32 Å². The summed E-state index contributed by atoms with van der Waals surface area (Å²) in [4.78, 5) is 2.38. The van der Waals surface area contributed by atoms with Crippen LogP contribution in [0.2, 0.25) is 0 Å². The summed E-state index contributed by atoms with van der Waals surface area (Å²) < 4.78 is 6.22. The van der Waals surface area contributed by atoms with Gasteiger partial charge in [-0.15, -0.1) is 0 Å². The van der Waals surface area contributed by atoms with Gasteiger partial charge in [-0.1, -0.05) is 97.1 Å². The van der Waals surface area contributed by atoms with Crippen molar-refractivity contribution < 1.29 is 4.42 Å². The molecule has 0 atom stereocenters. The van der Waals surface area contributed by atoms with Crippen LogP contribution in [0, 0.1) is 0 Å². The van der Waals surface area contributed by atoms with Crippen molar-refractivity contribution in [1.29, 1.82) is 0 Å². The Bertz CT molecular complexity index is 2140. The third-order valence-corrected chi connectivity index (χ3v) is 7.60. The van der Waals surface area contributed by atoms with E-state index >= 15 is 0 Å². The molecule has 0 bridgehead atoms. The van der Waals surface area contributed by atoms with E-state index in [2.05, 4.69) is 132 Å². The number of fused-ring (bicyclic) bond motifs is 8. The zero-order valence-corrected chi connectivity index (χ0v) is 20.6. The molecular weight excluding hydrogens is 462 g/mol. The molecule has 2 nitrogen and oxygen atoms in total. The zero-order valence-electron chi connectivity index (χ0n) is 20.6. The van der Waals surface area contributed by atoms with E-state index in [1.54, 1.807) is 0 Å². The number of anilines is 3. The summed E-state index contributed by atoms with van der Waals surface area (Å²) in [5, 5.41) is 9.67. The van der Waals surface area contributed by atoms with Gasteiger partial charge in [0.05, 0.1) is 5.69 Å². The minimum absolute atomic E-state index is 0.915. The summed E-state index contributed by atoms with van der Waals surface area (Å²) in [6, 6.07) is 49.7. The lowest BCUT2D eigenvalue weighted by molar-refractivity contribution is 0.669. The van der Waals surface area contributed by atoms with Crippen LogP contribution in [-0.2, 0) is 0 Å². The molecular formula is C36H23NO. The van der Waals surface area contributed by atoms with Crippen LogP contribution in [0.15, 0.2) is 144 Å². The number of nitrogens with zero attached hydrogens (tertiary/aromatic N) is 1. The Hall–Kier alpha value is -5.08. The lowest BCUT2D eigenvalue weighted by atomic mass is 9.98. The highest BCUT2D eigenvalue weighted by molar-refractivity contribution is 6.20. The largest absolute Gasteiger partial charge is 0.456 e. The fraction of sp³-hybridized carbons (Fsp3) is 0. The first-order chi connectivity index (χ1) is 18.8. The molecule has 8 aromatic rings. The van der Waals surface area contributed by atoms with E-state index in [4.69, 9.17) is 4.42 Å². The monoisotopic (exact) mass is 485 g/mol. The normalized spacial score (nSPS) is 11.7. The predicted molar refractivity (Wildman–Crippen MR) is 161 cm³/mol. The van der Waals surface area contributed by atoms with Gasteiger partial charge in [-0.05, 0) is 69.4 Å². The number of benzene rings is 7. The first-order valence-electron chi connectivity index (χ1n) is 12.9. The first-order valence-corrected chi connectivity index (χ1v) is 12.9. The van der Waals surface area contributed by atoms with Crippen molar-refractivity contribution in [3.63, 3.8) is 0 Å². The highest BCUT2D eigenvalue weighted by atomic mass is 16.3. The van der Waals surface area contributed by atoms with E-state index in [9.17, 15) is 0 Å². The standard InChI is InChI=1S/C36H23NO/c1-2-11-26(12-3-1)37(33-22-25-10-4-5-13-28(25)29-14-6-7-15-30(29)33)27-20-18-24-19-21-35-36(32(24)23-27)31-16-8-9-17-34(31)38-35/h1-23H. The van der Waals surface area contributed by atoms with Crippen molar-refractivity contribution in [2.75, 3.05) is 4.90 Å². The molecule has 7 aromatic carbocycles. The fourth-order valence-corrected chi connectivity index (χ4v) is 5.89. The van der Waals surface area contributed by atoms with Gasteiger partial charge in [-0.2, -0.15) is 0 Å². The molecule has 0 saturated carbocycles. The highest BCUT2D eigenvalue weighted by Gasteiger charge is 2.18. The van der Waals surface area contributed by atoms with Crippen molar-refractivity contribution in [2.24, 2.45) is 0 Å². The topological polar surface area (TPSA) is 16.4 Å². The second-order valence-corrected chi connectivity index (χ2v) is 9.78. The van der Waals surface area contributed by atoms with Crippen LogP contribution in [0.1, 0.15) is 0 Å². The summed E-state index contributed by atoms with van der Waals surface area (Å²) in [5.41, 5.74) is 5.23. The second kappa shape index (κ2) is 8.22. The smallest absolute Gasteiger partial charge is 0.136 e. The minimum atomic E-state index is 0.915. The Morgan fingerprint density at radius 3 is 1.95 bits per heavy atom. The number of hydrogen-bond donors (Lipinski definition) is 0. The van der Waals surface area contributed by atoms with Crippen LogP contribution in [0.25, 0.3) is 54.3 Å².